The highest BCUT2D eigenvalue weighted by atomic mass is 16.5. The molecule has 0 aliphatic carbocycles. The molecule has 4 heteroatoms. The topological polar surface area (TPSA) is 50.5 Å². The molecule has 1 aromatic rings. The van der Waals surface area contributed by atoms with Crippen molar-refractivity contribution in [3.63, 3.8) is 0 Å². The lowest BCUT2D eigenvalue weighted by molar-refractivity contribution is 0.0802. The third kappa shape index (κ3) is 4.78. The predicted molar refractivity (Wildman–Crippen MR) is 87.2 cm³/mol. The molecular formula is C17H29N3O. The third-order valence-corrected chi connectivity index (χ3v) is 4.46. The Balaban J connectivity index is 1.93. The summed E-state index contributed by atoms with van der Waals surface area (Å²) in [5.41, 5.74) is 7.49. The fraction of sp³-hybridized carbons (Fsp3) is 0.647. The van der Waals surface area contributed by atoms with E-state index in [0.717, 1.165) is 32.6 Å². The number of methoxy groups -OCH3 is 1. The zero-order valence-corrected chi connectivity index (χ0v) is 13.3. The van der Waals surface area contributed by atoms with Gasteiger partial charge in [-0.05, 0) is 31.9 Å². The van der Waals surface area contributed by atoms with Gasteiger partial charge in [-0.2, -0.15) is 0 Å². The van der Waals surface area contributed by atoms with Crippen molar-refractivity contribution in [2.45, 2.75) is 38.0 Å². The third-order valence-electron chi connectivity index (χ3n) is 4.46. The predicted octanol–water partition coefficient (Wildman–Crippen LogP) is 1.60. The quantitative estimate of drug-likeness (QED) is 0.801. The van der Waals surface area contributed by atoms with E-state index < -0.39 is 0 Å². The van der Waals surface area contributed by atoms with Crippen LogP contribution in [0.5, 0.6) is 0 Å². The molecule has 0 spiro atoms. The van der Waals surface area contributed by atoms with Crippen molar-refractivity contribution in [1.82, 2.24) is 10.2 Å². The van der Waals surface area contributed by atoms with Crippen molar-refractivity contribution in [1.29, 1.82) is 0 Å². The molecule has 2 unspecified atom stereocenters. The SMILES string of the molecule is COC(C)CNC1(CN)CCCN(Cc2ccccc2)C1. The Hall–Kier alpha value is -0.940. The van der Waals surface area contributed by atoms with Crippen LogP contribution in [0, 0.1) is 0 Å². The minimum atomic E-state index is 0.0276. The van der Waals surface area contributed by atoms with Gasteiger partial charge in [0.05, 0.1) is 6.10 Å². The molecule has 118 valence electrons. The molecule has 3 N–H and O–H groups in total. The van der Waals surface area contributed by atoms with Crippen LogP contribution in [0.15, 0.2) is 30.3 Å². The Morgan fingerprint density at radius 2 is 2.14 bits per heavy atom. The molecule has 2 atom stereocenters. The summed E-state index contributed by atoms with van der Waals surface area (Å²) in [6.45, 7) is 6.78. The van der Waals surface area contributed by atoms with Gasteiger partial charge in [-0.3, -0.25) is 4.90 Å². The molecule has 1 aromatic carbocycles. The van der Waals surface area contributed by atoms with Crippen LogP contribution in [-0.2, 0) is 11.3 Å². The van der Waals surface area contributed by atoms with Crippen molar-refractivity contribution in [3.8, 4) is 0 Å². The maximum absolute atomic E-state index is 6.09. The average Bonchev–Trinajstić information content (AvgIpc) is 2.54. The van der Waals surface area contributed by atoms with Crippen molar-refractivity contribution >= 4 is 0 Å². The number of ether oxygens (including phenoxy) is 1. The van der Waals surface area contributed by atoms with Crippen LogP contribution in [0.4, 0.5) is 0 Å². The number of nitrogens with zero attached hydrogens (tertiary/aromatic N) is 1. The first-order valence-electron chi connectivity index (χ1n) is 7.91. The van der Waals surface area contributed by atoms with Crippen LogP contribution >= 0.6 is 0 Å². The Labute approximate surface area is 128 Å². The van der Waals surface area contributed by atoms with Crippen LogP contribution in [0.3, 0.4) is 0 Å². The van der Waals surface area contributed by atoms with E-state index in [1.54, 1.807) is 7.11 Å². The van der Waals surface area contributed by atoms with E-state index in [4.69, 9.17) is 10.5 Å². The number of likely N-dealkylation sites (tertiary alicyclic amines) is 1. The van der Waals surface area contributed by atoms with Gasteiger partial charge in [-0.1, -0.05) is 30.3 Å². The van der Waals surface area contributed by atoms with Gasteiger partial charge in [0.25, 0.3) is 0 Å². The number of hydrogen-bond acceptors (Lipinski definition) is 4. The van der Waals surface area contributed by atoms with Crippen molar-refractivity contribution in [2.24, 2.45) is 5.73 Å². The van der Waals surface area contributed by atoms with Gasteiger partial charge < -0.3 is 15.8 Å². The lowest BCUT2D eigenvalue weighted by Gasteiger charge is -2.43. The van der Waals surface area contributed by atoms with E-state index in [0.29, 0.717) is 6.54 Å². The van der Waals surface area contributed by atoms with Gasteiger partial charge >= 0.3 is 0 Å². The maximum atomic E-state index is 6.09. The molecule has 0 aromatic heterocycles. The van der Waals surface area contributed by atoms with Crippen LogP contribution in [0.1, 0.15) is 25.3 Å². The van der Waals surface area contributed by atoms with Gasteiger partial charge in [-0.25, -0.2) is 0 Å². The summed E-state index contributed by atoms with van der Waals surface area (Å²) in [6.07, 6.45) is 2.56. The molecule has 0 amide bonds. The maximum Gasteiger partial charge on any atom is 0.0667 e. The summed E-state index contributed by atoms with van der Waals surface area (Å²) in [5.74, 6) is 0. The Kier molecular flexibility index (Phi) is 6.18. The highest BCUT2D eigenvalue weighted by molar-refractivity contribution is 5.15. The molecule has 4 nitrogen and oxygen atoms in total. The number of nitrogens with one attached hydrogen (secondary N) is 1. The molecule has 21 heavy (non-hydrogen) atoms. The smallest absolute Gasteiger partial charge is 0.0667 e. The van der Waals surface area contributed by atoms with Crippen molar-refractivity contribution in [2.75, 3.05) is 33.3 Å². The second kappa shape index (κ2) is 7.90. The minimum Gasteiger partial charge on any atom is -0.380 e. The van der Waals surface area contributed by atoms with Gasteiger partial charge in [0, 0.05) is 38.8 Å². The van der Waals surface area contributed by atoms with Crippen LogP contribution in [0.2, 0.25) is 0 Å². The normalized spacial score (nSPS) is 24.9. The lowest BCUT2D eigenvalue weighted by Crippen LogP contribution is -2.61. The molecule has 2 rings (SSSR count). The molecular weight excluding hydrogens is 262 g/mol. The van der Waals surface area contributed by atoms with Gasteiger partial charge in [0.15, 0.2) is 0 Å². The van der Waals surface area contributed by atoms with Crippen LogP contribution in [-0.4, -0.2) is 49.8 Å². The van der Waals surface area contributed by atoms with Crippen molar-refractivity contribution in [3.05, 3.63) is 35.9 Å². The number of rotatable bonds is 7. The number of hydrogen-bond donors (Lipinski definition) is 2. The highest BCUT2D eigenvalue weighted by Gasteiger charge is 2.34. The molecule has 1 heterocycles. The monoisotopic (exact) mass is 291 g/mol. The molecule has 0 radical (unpaired) electrons. The molecule has 0 saturated carbocycles. The van der Waals surface area contributed by atoms with E-state index in [9.17, 15) is 0 Å². The van der Waals surface area contributed by atoms with Crippen LogP contribution in [0.25, 0.3) is 0 Å². The summed E-state index contributed by atoms with van der Waals surface area (Å²) in [5, 5.41) is 3.66. The summed E-state index contributed by atoms with van der Waals surface area (Å²) in [7, 11) is 1.75. The second-order valence-corrected chi connectivity index (χ2v) is 6.21. The largest absolute Gasteiger partial charge is 0.380 e. The number of benzene rings is 1. The Morgan fingerprint density at radius 3 is 2.81 bits per heavy atom. The Morgan fingerprint density at radius 1 is 1.38 bits per heavy atom. The minimum absolute atomic E-state index is 0.0276. The lowest BCUT2D eigenvalue weighted by atomic mass is 9.88. The van der Waals surface area contributed by atoms with Crippen LogP contribution < -0.4 is 11.1 Å². The first-order valence-corrected chi connectivity index (χ1v) is 7.91. The zero-order valence-electron chi connectivity index (χ0n) is 13.3. The zero-order chi connectivity index (χ0) is 15.1. The van der Waals surface area contributed by atoms with E-state index in [1.807, 2.05) is 0 Å². The number of piperidine rings is 1. The van der Waals surface area contributed by atoms with E-state index in [-0.39, 0.29) is 11.6 Å². The van der Waals surface area contributed by atoms with Gasteiger partial charge in [0.1, 0.15) is 0 Å². The standard InChI is InChI=1S/C17H29N3O/c1-15(21-2)11-19-17(13-18)9-6-10-20(14-17)12-16-7-4-3-5-8-16/h3-5,7-8,15,19H,6,9-14,18H2,1-2H3. The summed E-state index contributed by atoms with van der Waals surface area (Å²) in [4.78, 5) is 2.51. The number of nitrogens with two attached hydrogens (primary N) is 1. The molecule has 1 saturated heterocycles. The van der Waals surface area contributed by atoms with Gasteiger partial charge in [0.2, 0.25) is 0 Å². The van der Waals surface area contributed by atoms with E-state index in [1.165, 1.54) is 12.0 Å². The molecule has 1 aliphatic heterocycles. The Bertz CT molecular complexity index is 412. The van der Waals surface area contributed by atoms with E-state index in [2.05, 4.69) is 47.5 Å². The van der Waals surface area contributed by atoms with Gasteiger partial charge in [-0.15, -0.1) is 0 Å². The molecule has 0 bridgehead atoms. The highest BCUT2D eigenvalue weighted by Crippen LogP contribution is 2.22. The molecule has 1 fully saturated rings. The molecule has 1 aliphatic rings. The first kappa shape index (κ1) is 16.4. The second-order valence-electron chi connectivity index (χ2n) is 6.21. The summed E-state index contributed by atoms with van der Waals surface area (Å²) in [6, 6.07) is 10.7. The summed E-state index contributed by atoms with van der Waals surface area (Å²) >= 11 is 0. The summed E-state index contributed by atoms with van der Waals surface area (Å²) < 4.78 is 5.34. The van der Waals surface area contributed by atoms with Crippen molar-refractivity contribution < 1.29 is 4.74 Å². The fourth-order valence-electron chi connectivity index (χ4n) is 3.03. The fourth-order valence-corrected chi connectivity index (χ4v) is 3.03. The van der Waals surface area contributed by atoms with E-state index >= 15 is 0 Å². The first-order chi connectivity index (χ1) is 10.2. The average molecular weight is 291 g/mol.